The van der Waals surface area contributed by atoms with E-state index in [0.29, 0.717) is 6.54 Å². The van der Waals surface area contributed by atoms with Crippen LogP contribution >= 0.6 is 0 Å². The summed E-state index contributed by atoms with van der Waals surface area (Å²) in [7, 11) is 0. The first-order valence-electron chi connectivity index (χ1n) is 6.45. The first kappa shape index (κ1) is 15.1. The van der Waals surface area contributed by atoms with E-state index in [0.717, 1.165) is 18.9 Å². The molecule has 0 saturated heterocycles. The minimum atomic E-state index is -4.53. The predicted molar refractivity (Wildman–Crippen MR) is 74.7 cm³/mol. The summed E-state index contributed by atoms with van der Waals surface area (Å²) in [5.74, 6) is -0.307. The Balaban J connectivity index is 1.90. The zero-order chi connectivity index (χ0) is 15.3. The number of nitrogens with two attached hydrogens (primary N) is 1. The Labute approximate surface area is 120 Å². The van der Waals surface area contributed by atoms with Gasteiger partial charge in [-0.25, -0.2) is 4.98 Å². The fourth-order valence-corrected chi connectivity index (χ4v) is 1.86. The minimum absolute atomic E-state index is 0.0860. The SMILES string of the molecule is Nc1nc(NCCCc2ccccc2)cc(C(F)(F)F)n1. The second-order valence-corrected chi connectivity index (χ2v) is 4.51. The molecule has 0 atom stereocenters. The molecule has 0 fully saturated rings. The van der Waals surface area contributed by atoms with E-state index in [2.05, 4.69) is 15.3 Å². The maximum Gasteiger partial charge on any atom is 0.433 e. The van der Waals surface area contributed by atoms with Gasteiger partial charge >= 0.3 is 6.18 Å². The van der Waals surface area contributed by atoms with Gasteiger partial charge in [0.15, 0.2) is 5.69 Å². The highest BCUT2D eigenvalue weighted by Crippen LogP contribution is 2.29. The second kappa shape index (κ2) is 6.43. The Kier molecular flexibility index (Phi) is 4.62. The minimum Gasteiger partial charge on any atom is -0.370 e. The van der Waals surface area contributed by atoms with Crippen LogP contribution < -0.4 is 11.1 Å². The van der Waals surface area contributed by atoms with E-state index in [4.69, 9.17) is 5.73 Å². The van der Waals surface area contributed by atoms with Crippen molar-refractivity contribution in [3.63, 3.8) is 0 Å². The first-order chi connectivity index (χ1) is 9.95. The van der Waals surface area contributed by atoms with E-state index in [1.807, 2.05) is 30.3 Å². The van der Waals surface area contributed by atoms with Crippen LogP contribution in [0.2, 0.25) is 0 Å². The number of nitrogen functional groups attached to an aromatic ring is 1. The summed E-state index contributed by atoms with van der Waals surface area (Å²) in [6, 6.07) is 10.7. The monoisotopic (exact) mass is 296 g/mol. The molecule has 1 heterocycles. The lowest BCUT2D eigenvalue weighted by molar-refractivity contribution is -0.141. The smallest absolute Gasteiger partial charge is 0.370 e. The van der Waals surface area contributed by atoms with Gasteiger partial charge in [0.05, 0.1) is 0 Å². The lowest BCUT2D eigenvalue weighted by atomic mass is 10.1. The molecule has 112 valence electrons. The maximum atomic E-state index is 12.6. The highest BCUT2D eigenvalue weighted by Gasteiger charge is 2.33. The predicted octanol–water partition coefficient (Wildman–Crippen LogP) is 3.12. The number of aryl methyl sites for hydroxylation is 1. The maximum absolute atomic E-state index is 12.6. The molecule has 2 aromatic rings. The third-order valence-electron chi connectivity index (χ3n) is 2.83. The van der Waals surface area contributed by atoms with Gasteiger partial charge in [-0.05, 0) is 18.4 Å². The molecular formula is C14H15F3N4. The van der Waals surface area contributed by atoms with E-state index < -0.39 is 17.8 Å². The molecule has 7 heteroatoms. The molecule has 0 aliphatic rings. The number of hydrogen-bond acceptors (Lipinski definition) is 4. The molecule has 0 radical (unpaired) electrons. The van der Waals surface area contributed by atoms with Gasteiger partial charge in [0.1, 0.15) is 5.82 Å². The average molecular weight is 296 g/mol. The van der Waals surface area contributed by atoms with Gasteiger partial charge in [-0.2, -0.15) is 18.2 Å². The van der Waals surface area contributed by atoms with E-state index in [9.17, 15) is 13.2 Å². The summed E-state index contributed by atoms with van der Waals surface area (Å²) in [5.41, 5.74) is 5.43. The zero-order valence-electron chi connectivity index (χ0n) is 11.2. The van der Waals surface area contributed by atoms with E-state index >= 15 is 0 Å². The summed E-state index contributed by atoms with van der Waals surface area (Å²) < 4.78 is 37.8. The number of alkyl halides is 3. The number of anilines is 2. The van der Waals surface area contributed by atoms with Crippen molar-refractivity contribution < 1.29 is 13.2 Å². The standard InChI is InChI=1S/C14H15F3N4/c15-14(16,17)11-9-12(21-13(18)20-11)19-8-4-7-10-5-2-1-3-6-10/h1-3,5-6,9H,4,7-8H2,(H3,18,19,20,21). The topological polar surface area (TPSA) is 63.8 Å². The van der Waals surface area contributed by atoms with Crippen LogP contribution in [0.25, 0.3) is 0 Å². The normalized spacial score (nSPS) is 11.4. The zero-order valence-corrected chi connectivity index (χ0v) is 11.2. The largest absolute Gasteiger partial charge is 0.433 e. The number of benzene rings is 1. The van der Waals surface area contributed by atoms with Crippen LogP contribution in [0, 0.1) is 0 Å². The van der Waals surface area contributed by atoms with Crippen molar-refractivity contribution >= 4 is 11.8 Å². The summed E-state index contributed by atoms with van der Waals surface area (Å²) in [6.07, 6.45) is -2.92. The van der Waals surface area contributed by atoms with Gasteiger partial charge in [-0.3, -0.25) is 0 Å². The van der Waals surface area contributed by atoms with Crippen molar-refractivity contribution in [2.45, 2.75) is 19.0 Å². The van der Waals surface area contributed by atoms with Crippen LogP contribution in [0.15, 0.2) is 36.4 Å². The molecule has 1 aromatic heterocycles. The van der Waals surface area contributed by atoms with E-state index in [1.54, 1.807) is 0 Å². The van der Waals surface area contributed by atoms with Crippen LogP contribution in [-0.2, 0) is 12.6 Å². The lowest BCUT2D eigenvalue weighted by Gasteiger charge is -2.10. The van der Waals surface area contributed by atoms with Crippen molar-refractivity contribution in [1.29, 1.82) is 0 Å². The molecule has 0 aliphatic heterocycles. The third kappa shape index (κ3) is 4.62. The van der Waals surface area contributed by atoms with Crippen molar-refractivity contribution in [3.8, 4) is 0 Å². The Morgan fingerprint density at radius 2 is 1.81 bits per heavy atom. The number of aromatic nitrogens is 2. The quantitative estimate of drug-likeness (QED) is 0.832. The number of nitrogens with one attached hydrogen (secondary N) is 1. The van der Waals surface area contributed by atoms with Crippen molar-refractivity contribution in [3.05, 3.63) is 47.7 Å². The Bertz CT molecular complexity index is 585. The van der Waals surface area contributed by atoms with Crippen LogP contribution in [-0.4, -0.2) is 16.5 Å². The van der Waals surface area contributed by atoms with Gasteiger partial charge in [0.25, 0.3) is 0 Å². The van der Waals surface area contributed by atoms with Crippen LogP contribution in [0.5, 0.6) is 0 Å². The molecule has 0 amide bonds. The van der Waals surface area contributed by atoms with Gasteiger partial charge < -0.3 is 11.1 Å². The molecule has 4 nitrogen and oxygen atoms in total. The highest BCUT2D eigenvalue weighted by molar-refractivity contribution is 5.41. The molecule has 21 heavy (non-hydrogen) atoms. The van der Waals surface area contributed by atoms with Crippen LogP contribution in [0.1, 0.15) is 17.7 Å². The number of halogens is 3. The van der Waals surface area contributed by atoms with Gasteiger partial charge in [-0.1, -0.05) is 30.3 Å². The number of hydrogen-bond donors (Lipinski definition) is 2. The van der Waals surface area contributed by atoms with E-state index in [1.165, 1.54) is 5.56 Å². The van der Waals surface area contributed by atoms with Crippen LogP contribution in [0.4, 0.5) is 24.9 Å². The van der Waals surface area contributed by atoms with Gasteiger partial charge in [0.2, 0.25) is 5.95 Å². The summed E-state index contributed by atoms with van der Waals surface area (Å²) in [5, 5.41) is 2.84. The number of rotatable bonds is 5. The fraction of sp³-hybridized carbons (Fsp3) is 0.286. The van der Waals surface area contributed by atoms with Gasteiger partial charge in [-0.15, -0.1) is 0 Å². The van der Waals surface area contributed by atoms with Crippen molar-refractivity contribution in [1.82, 2.24) is 9.97 Å². The second-order valence-electron chi connectivity index (χ2n) is 4.51. The average Bonchev–Trinajstić information content (AvgIpc) is 2.43. The number of nitrogens with zero attached hydrogens (tertiary/aromatic N) is 2. The molecule has 3 N–H and O–H groups in total. The summed E-state index contributed by atoms with van der Waals surface area (Å²) in [6.45, 7) is 0.503. The van der Waals surface area contributed by atoms with Gasteiger partial charge in [0, 0.05) is 12.6 Å². The lowest BCUT2D eigenvalue weighted by Crippen LogP contribution is -2.13. The highest BCUT2D eigenvalue weighted by atomic mass is 19.4. The molecular weight excluding hydrogens is 281 g/mol. The Morgan fingerprint density at radius 1 is 1.10 bits per heavy atom. The van der Waals surface area contributed by atoms with Crippen LogP contribution in [0.3, 0.4) is 0 Å². The molecule has 0 spiro atoms. The van der Waals surface area contributed by atoms with E-state index in [-0.39, 0.29) is 5.82 Å². The molecule has 0 saturated carbocycles. The summed E-state index contributed by atoms with van der Waals surface area (Å²) in [4.78, 5) is 6.93. The third-order valence-corrected chi connectivity index (χ3v) is 2.83. The summed E-state index contributed by atoms with van der Waals surface area (Å²) >= 11 is 0. The first-order valence-corrected chi connectivity index (χ1v) is 6.45. The molecule has 0 bridgehead atoms. The van der Waals surface area contributed by atoms with Crippen molar-refractivity contribution in [2.24, 2.45) is 0 Å². The molecule has 0 aliphatic carbocycles. The Hall–Kier alpha value is -2.31. The van der Waals surface area contributed by atoms with Crippen molar-refractivity contribution in [2.75, 3.05) is 17.6 Å². The molecule has 2 rings (SSSR count). The molecule has 1 aromatic carbocycles. The fourth-order valence-electron chi connectivity index (χ4n) is 1.86. The Morgan fingerprint density at radius 3 is 2.48 bits per heavy atom. The molecule has 0 unspecified atom stereocenters.